The van der Waals surface area contributed by atoms with E-state index in [9.17, 15) is 35.9 Å². The van der Waals surface area contributed by atoms with Crippen molar-refractivity contribution in [1.82, 2.24) is 10.3 Å². The first-order valence-electron chi connectivity index (χ1n) is 11.9. The quantitative estimate of drug-likeness (QED) is 0.190. The number of nitrogens with one attached hydrogen (secondary N) is 1. The molecular weight excluding hydrogens is 530 g/mol. The zero-order chi connectivity index (χ0) is 29.4. The normalized spacial score (nSPS) is 14.2. The van der Waals surface area contributed by atoms with Gasteiger partial charge in [-0.1, -0.05) is 12.1 Å². The van der Waals surface area contributed by atoms with Crippen LogP contribution >= 0.6 is 0 Å². The van der Waals surface area contributed by atoms with Gasteiger partial charge in [0.25, 0.3) is 0 Å². The van der Waals surface area contributed by atoms with Gasteiger partial charge in [-0.2, -0.15) is 26.3 Å². The van der Waals surface area contributed by atoms with Crippen LogP contribution in [0.3, 0.4) is 0 Å². The fourth-order valence-electron chi connectivity index (χ4n) is 3.79. The van der Waals surface area contributed by atoms with E-state index in [2.05, 4.69) is 10.3 Å². The number of nitrogens with zero attached hydrogens (tertiary/aromatic N) is 1. The lowest BCUT2D eigenvalue weighted by Gasteiger charge is -2.34. The number of ketones is 1. The van der Waals surface area contributed by atoms with Crippen molar-refractivity contribution in [2.75, 3.05) is 20.3 Å². The molecule has 2 rings (SSSR count). The van der Waals surface area contributed by atoms with Crippen LogP contribution in [0.1, 0.15) is 51.3 Å². The van der Waals surface area contributed by atoms with Gasteiger partial charge in [-0.05, 0) is 62.1 Å². The fourth-order valence-corrected chi connectivity index (χ4v) is 3.79. The van der Waals surface area contributed by atoms with E-state index < -0.39 is 42.3 Å². The number of methoxy groups -OCH3 is 1. The Morgan fingerprint density at radius 2 is 1.56 bits per heavy atom. The molecule has 1 heterocycles. The summed E-state index contributed by atoms with van der Waals surface area (Å²) < 4.78 is 91.3. The first kappa shape index (κ1) is 31.6. The largest absolute Gasteiger partial charge is 0.495 e. The summed E-state index contributed by atoms with van der Waals surface area (Å²) in [5.74, 6) is -0.537. The van der Waals surface area contributed by atoms with Crippen molar-refractivity contribution in [2.24, 2.45) is 0 Å². The Bertz CT molecular complexity index is 1160. The summed E-state index contributed by atoms with van der Waals surface area (Å²) in [5.41, 5.74) is -2.62. The smallest absolute Gasteiger partial charge is 0.398 e. The number of hydrogen-bond donors (Lipinski definition) is 1. The van der Waals surface area contributed by atoms with Gasteiger partial charge in [0.1, 0.15) is 11.5 Å². The molecule has 12 heteroatoms. The molecule has 1 amide bonds. The molecule has 0 radical (unpaired) electrons. The van der Waals surface area contributed by atoms with Gasteiger partial charge < -0.3 is 14.8 Å². The molecule has 1 aromatic heterocycles. The number of rotatable bonds is 12. The molecule has 0 unspecified atom stereocenters. The van der Waals surface area contributed by atoms with E-state index in [1.54, 1.807) is 0 Å². The summed E-state index contributed by atoms with van der Waals surface area (Å²) in [6.07, 6.45) is -9.85. The molecular formula is C27H30F6N2O4. The third kappa shape index (κ3) is 9.00. The van der Waals surface area contributed by atoms with E-state index in [-0.39, 0.29) is 47.7 Å². The standard InChI is InChI=1S/C27H30F6N2O4/c1-17(36)23(16-34-18(2)37)22(24-11-10-21(38-4)15-35-24)14-25(3,27(31,32)33)19-6-8-20(9-7-19)39-13-5-12-26(28,29)30/h6-11,15H,5,12-14,16H2,1-4H3,(H,34,37)/b23-22+/t25-/m1/s1. The molecule has 0 bridgehead atoms. The molecule has 1 atom stereocenters. The van der Waals surface area contributed by atoms with Crippen LogP contribution in [-0.4, -0.2) is 49.3 Å². The molecule has 0 aliphatic heterocycles. The molecule has 39 heavy (non-hydrogen) atoms. The number of allylic oxidation sites excluding steroid dienone is 1. The summed E-state index contributed by atoms with van der Waals surface area (Å²) in [6, 6.07) is 7.81. The number of ether oxygens (including phenoxy) is 2. The highest BCUT2D eigenvalue weighted by Crippen LogP contribution is 2.47. The Morgan fingerprint density at radius 1 is 0.949 bits per heavy atom. The third-order valence-electron chi connectivity index (χ3n) is 6.11. The molecule has 0 fully saturated rings. The van der Waals surface area contributed by atoms with Crippen molar-refractivity contribution in [1.29, 1.82) is 0 Å². The van der Waals surface area contributed by atoms with Crippen LogP contribution in [0, 0.1) is 0 Å². The highest BCUT2D eigenvalue weighted by molar-refractivity contribution is 6.02. The van der Waals surface area contributed by atoms with E-state index in [1.807, 2.05) is 0 Å². The summed E-state index contributed by atoms with van der Waals surface area (Å²) in [6.45, 7) is 2.83. The van der Waals surface area contributed by atoms with Gasteiger partial charge in [0.2, 0.25) is 5.91 Å². The number of Topliss-reactive ketones (excluding diaryl/α,β-unsaturated/α-hetero) is 1. The van der Waals surface area contributed by atoms with Gasteiger partial charge >= 0.3 is 12.4 Å². The molecule has 0 aliphatic carbocycles. The van der Waals surface area contributed by atoms with E-state index in [0.717, 1.165) is 6.92 Å². The van der Waals surface area contributed by atoms with E-state index in [4.69, 9.17) is 9.47 Å². The number of aromatic nitrogens is 1. The highest BCUT2D eigenvalue weighted by atomic mass is 19.4. The predicted octanol–water partition coefficient (Wildman–Crippen LogP) is 6.20. The molecule has 6 nitrogen and oxygen atoms in total. The van der Waals surface area contributed by atoms with Gasteiger partial charge in [0, 0.05) is 25.5 Å². The number of hydrogen-bond acceptors (Lipinski definition) is 5. The Hall–Kier alpha value is -3.57. The number of amides is 1. The van der Waals surface area contributed by atoms with Gasteiger partial charge in [-0.3, -0.25) is 14.6 Å². The van der Waals surface area contributed by atoms with Crippen molar-refractivity contribution < 1.29 is 45.4 Å². The minimum absolute atomic E-state index is 0.00814. The third-order valence-corrected chi connectivity index (χ3v) is 6.11. The van der Waals surface area contributed by atoms with Crippen LogP contribution in [0.2, 0.25) is 0 Å². The zero-order valence-corrected chi connectivity index (χ0v) is 21.9. The van der Waals surface area contributed by atoms with Crippen LogP contribution < -0.4 is 14.8 Å². The van der Waals surface area contributed by atoms with Crippen LogP contribution in [0.25, 0.3) is 5.57 Å². The van der Waals surface area contributed by atoms with Gasteiger partial charge in [-0.25, -0.2) is 0 Å². The SMILES string of the molecule is COc1ccc(/C(C[C@](C)(c2ccc(OCCCC(F)(F)F)cc2)C(F)(F)F)=C(\CNC(C)=O)C(C)=O)nc1. The van der Waals surface area contributed by atoms with Crippen LogP contribution in [0.15, 0.2) is 48.2 Å². The van der Waals surface area contributed by atoms with E-state index in [0.29, 0.717) is 5.75 Å². The fraction of sp³-hybridized carbons (Fsp3) is 0.444. The molecule has 1 aromatic carbocycles. The second kappa shape index (κ2) is 13.0. The second-order valence-electron chi connectivity index (χ2n) is 9.10. The number of benzene rings is 1. The zero-order valence-electron chi connectivity index (χ0n) is 21.9. The molecule has 214 valence electrons. The molecule has 0 saturated heterocycles. The van der Waals surface area contributed by atoms with Crippen LogP contribution in [0.4, 0.5) is 26.3 Å². The summed E-state index contributed by atoms with van der Waals surface area (Å²) in [4.78, 5) is 28.3. The van der Waals surface area contributed by atoms with E-state index >= 15 is 0 Å². The van der Waals surface area contributed by atoms with Crippen molar-refractivity contribution >= 4 is 17.3 Å². The molecule has 2 aromatic rings. The van der Waals surface area contributed by atoms with Crippen molar-refractivity contribution in [3.05, 3.63) is 59.4 Å². The lowest BCUT2D eigenvalue weighted by Crippen LogP contribution is -2.40. The Balaban J connectivity index is 2.51. The minimum atomic E-state index is -4.80. The molecule has 1 N–H and O–H groups in total. The van der Waals surface area contributed by atoms with E-state index in [1.165, 1.54) is 63.6 Å². The maximum Gasteiger partial charge on any atom is 0.398 e. The Labute approximate surface area is 222 Å². The minimum Gasteiger partial charge on any atom is -0.495 e. The predicted molar refractivity (Wildman–Crippen MR) is 132 cm³/mol. The molecule has 0 spiro atoms. The number of alkyl halides is 6. The first-order chi connectivity index (χ1) is 18.1. The van der Waals surface area contributed by atoms with Gasteiger partial charge in [-0.15, -0.1) is 0 Å². The Morgan fingerprint density at radius 3 is 2.03 bits per heavy atom. The maximum absolute atomic E-state index is 14.7. The van der Waals surface area contributed by atoms with Crippen molar-refractivity contribution in [2.45, 2.75) is 57.8 Å². The van der Waals surface area contributed by atoms with Crippen molar-refractivity contribution in [3.63, 3.8) is 0 Å². The second-order valence-corrected chi connectivity index (χ2v) is 9.10. The molecule has 0 aliphatic rings. The summed E-state index contributed by atoms with van der Waals surface area (Å²) in [7, 11) is 1.40. The summed E-state index contributed by atoms with van der Waals surface area (Å²) >= 11 is 0. The number of carbonyl (C=O) groups excluding carboxylic acids is 2. The van der Waals surface area contributed by atoms with Crippen LogP contribution in [0.5, 0.6) is 11.5 Å². The van der Waals surface area contributed by atoms with Crippen LogP contribution in [-0.2, 0) is 15.0 Å². The number of pyridine rings is 1. The van der Waals surface area contributed by atoms with Gasteiger partial charge in [0.05, 0.1) is 31.0 Å². The monoisotopic (exact) mass is 560 g/mol. The van der Waals surface area contributed by atoms with Crippen molar-refractivity contribution in [3.8, 4) is 11.5 Å². The molecule has 0 saturated carbocycles. The van der Waals surface area contributed by atoms with Gasteiger partial charge in [0.15, 0.2) is 5.78 Å². The first-order valence-corrected chi connectivity index (χ1v) is 11.9. The maximum atomic E-state index is 14.7. The highest BCUT2D eigenvalue weighted by Gasteiger charge is 2.53. The number of carbonyl (C=O) groups is 2. The topological polar surface area (TPSA) is 77.5 Å². The average molecular weight is 561 g/mol. The lowest BCUT2D eigenvalue weighted by atomic mass is 9.74. The summed E-state index contributed by atoms with van der Waals surface area (Å²) in [5, 5.41) is 2.47. The number of halogens is 6. The Kier molecular flexibility index (Phi) is 10.5. The average Bonchev–Trinajstić information content (AvgIpc) is 2.84. The lowest BCUT2D eigenvalue weighted by molar-refractivity contribution is -0.184.